The SMILES string of the molecule is COc1ccc(C(NC(=O)Cc2cc(OC)c(C(=O)O)cc2Br)c2c(C)cccc2N2CCCCC2)cc1C. The molecule has 1 heterocycles. The second kappa shape index (κ2) is 12.6. The summed E-state index contributed by atoms with van der Waals surface area (Å²) in [5.74, 6) is -0.281. The van der Waals surface area contributed by atoms with E-state index in [4.69, 9.17) is 9.47 Å². The Kier molecular flexibility index (Phi) is 9.17. The standard InChI is InChI=1S/C31H35BrN2O5/c1-19-9-8-10-25(34-13-6-5-7-14-34)29(19)30(21-11-12-26(38-3)20(2)15-21)33-28(35)17-22-16-27(39-4)23(31(36)37)18-24(22)32/h8-12,15-16,18,30H,5-7,13-14,17H2,1-4H3,(H,33,35)(H,36,37). The first-order valence-electron chi connectivity index (χ1n) is 13.1. The van der Waals surface area contributed by atoms with E-state index in [0.29, 0.717) is 10.0 Å². The molecule has 1 fully saturated rings. The maximum absolute atomic E-state index is 13.6. The number of aryl methyl sites for hydroxylation is 2. The van der Waals surface area contributed by atoms with Crippen LogP contribution in [0.25, 0.3) is 0 Å². The van der Waals surface area contributed by atoms with Crippen LogP contribution in [0.5, 0.6) is 11.5 Å². The van der Waals surface area contributed by atoms with Gasteiger partial charge in [0, 0.05) is 28.8 Å². The minimum absolute atomic E-state index is 0.0335. The van der Waals surface area contributed by atoms with Crippen molar-refractivity contribution in [3.05, 3.63) is 86.4 Å². The van der Waals surface area contributed by atoms with Gasteiger partial charge < -0.3 is 24.8 Å². The van der Waals surface area contributed by atoms with Crippen LogP contribution >= 0.6 is 15.9 Å². The Bertz CT molecular complexity index is 1370. The molecule has 0 bridgehead atoms. The highest BCUT2D eigenvalue weighted by Gasteiger charge is 2.26. The number of halogens is 1. The molecule has 0 aromatic heterocycles. The van der Waals surface area contributed by atoms with Crippen LogP contribution in [0.4, 0.5) is 5.69 Å². The Morgan fingerprint density at radius 2 is 1.69 bits per heavy atom. The third-order valence-electron chi connectivity index (χ3n) is 7.29. The Hall–Kier alpha value is -3.52. The molecule has 1 amide bonds. The zero-order valence-electron chi connectivity index (χ0n) is 22.8. The van der Waals surface area contributed by atoms with Gasteiger partial charge in [0.25, 0.3) is 0 Å². The summed E-state index contributed by atoms with van der Waals surface area (Å²) in [6.07, 6.45) is 3.57. The Morgan fingerprint density at radius 3 is 2.33 bits per heavy atom. The van der Waals surface area contributed by atoms with Crippen molar-refractivity contribution < 1.29 is 24.2 Å². The van der Waals surface area contributed by atoms with Crippen LogP contribution in [0.15, 0.2) is 53.0 Å². The third-order valence-corrected chi connectivity index (χ3v) is 8.03. The van der Waals surface area contributed by atoms with Gasteiger partial charge in [0.15, 0.2) is 0 Å². The summed E-state index contributed by atoms with van der Waals surface area (Å²) in [7, 11) is 3.07. The Labute approximate surface area is 238 Å². The van der Waals surface area contributed by atoms with Crippen LogP contribution in [-0.4, -0.2) is 44.3 Å². The molecular formula is C31H35BrN2O5. The fourth-order valence-corrected chi connectivity index (χ4v) is 5.79. The summed E-state index contributed by atoms with van der Waals surface area (Å²) in [6, 6.07) is 15.0. The molecule has 2 N–H and O–H groups in total. The molecule has 206 valence electrons. The van der Waals surface area contributed by atoms with E-state index in [2.05, 4.69) is 57.3 Å². The predicted molar refractivity (Wildman–Crippen MR) is 156 cm³/mol. The smallest absolute Gasteiger partial charge is 0.339 e. The van der Waals surface area contributed by atoms with Crippen molar-refractivity contribution in [1.82, 2.24) is 5.32 Å². The third kappa shape index (κ3) is 6.38. The van der Waals surface area contributed by atoms with Gasteiger partial charge in [0.1, 0.15) is 17.1 Å². The van der Waals surface area contributed by atoms with E-state index in [0.717, 1.165) is 59.6 Å². The molecule has 1 saturated heterocycles. The van der Waals surface area contributed by atoms with E-state index < -0.39 is 5.97 Å². The number of hydrogen-bond donors (Lipinski definition) is 2. The molecule has 7 nitrogen and oxygen atoms in total. The molecule has 4 rings (SSSR count). The Morgan fingerprint density at radius 1 is 0.974 bits per heavy atom. The first-order valence-corrected chi connectivity index (χ1v) is 13.9. The maximum atomic E-state index is 13.6. The van der Waals surface area contributed by atoms with Crippen molar-refractivity contribution in [1.29, 1.82) is 0 Å². The quantitative estimate of drug-likeness (QED) is 0.306. The van der Waals surface area contributed by atoms with Crippen LogP contribution < -0.4 is 19.7 Å². The lowest BCUT2D eigenvalue weighted by Gasteiger charge is -2.34. The molecule has 0 spiro atoms. The summed E-state index contributed by atoms with van der Waals surface area (Å²) in [5.41, 5.74) is 5.94. The Balaban J connectivity index is 1.74. The molecule has 0 aliphatic carbocycles. The zero-order valence-corrected chi connectivity index (χ0v) is 24.4. The number of amides is 1. The van der Waals surface area contributed by atoms with Gasteiger partial charge in [-0.15, -0.1) is 0 Å². The number of nitrogens with zero attached hydrogens (tertiary/aromatic N) is 1. The summed E-state index contributed by atoms with van der Waals surface area (Å²) in [5, 5.41) is 12.8. The van der Waals surface area contributed by atoms with E-state index in [1.54, 1.807) is 13.2 Å². The molecular weight excluding hydrogens is 560 g/mol. The van der Waals surface area contributed by atoms with Gasteiger partial charge in [0.05, 0.1) is 26.7 Å². The number of anilines is 1. The molecule has 1 aliphatic rings. The lowest BCUT2D eigenvalue weighted by molar-refractivity contribution is -0.120. The number of nitrogens with one attached hydrogen (secondary N) is 1. The van der Waals surface area contributed by atoms with Crippen molar-refractivity contribution in [3.63, 3.8) is 0 Å². The minimum Gasteiger partial charge on any atom is -0.496 e. The molecule has 0 radical (unpaired) electrons. The van der Waals surface area contributed by atoms with Gasteiger partial charge in [-0.3, -0.25) is 4.79 Å². The first kappa shape index (κ1) is 28.5. The highest BCUT2D eigenvalue weighted by Crippen LogP contribution is 2.37. The molecule has 3 aromatic carbocycles. The number of ether oxygens (including phenoxy) is 2. The number of hydrogen-bond acceptors (Lipinski definition) is 5. The average Bonchev–Trinajstić information content (AvgIpc) is 2.93. The number of aromatic carboxylic acids is 1. The predicted octanol–water partition coefficient (Wildman–Crippen LogP) is 6.22. The van der Waals surface area contributed by atoms with Crippen molar-refractivity contribution in [3.8, 4) is 11.5 Å². The van der Waals surface area contributed by atoms with Gasteiger partial charge in [-0.25, -0.2) is 4.79 Å². The number of carboxylic acid groups (broad SMARTS) is 1. The number of carbonyl (C=O) groups is 2. The topological polar surface area (TPSA) is 88.1 Å². The molecule has 1 atom stereocenters. The molecule has 3 aromatic rings. The van der Waals surface area contributed by atoms with Crippen LogP contribution in [-0.2, 0) is 11.2 Å². The minimum atomic E-state index is -1.09. The van der Waals surface area contributed by atoms with E-state index in [1.807, 2.05) is 19.1 Å². The monoisotopic (exact) mass is 594 g/mol. The van der Waals surface area contributed by atoms with Gasteiger partial charge in [-0.2, -0.15) is 0 Å². The summed E-state index contributed by atoms with van der Waals surface area (Å²) in [6.45, 7) is 6.06. The van der Waals surface area contributed by atoms with E-state index in [1.165, 1.54) is 19.6 Å². The zero-order chi connectivity index (χ0) is 28.1. The fourth-order valence-electron chi connectivity index (χ4n) is 5.31. The largest absolute Gasteiger partial charge is 0.496 e. The number of rotatable bonds is 9. The molecule has 0 saturated carbocycles. The van der Waals surface area contributed by atoms with Crippen molar-refractivity contribution >= 4 is 33.5 Å². The second-order valence-electron chi connectivity index (χ2n) is 9.91. The van der Waals surface area contributed by atoms with Crippen LogP contribution in [0.2, 0.25) is 0 Å². The second-order valence-corrected chi connectivity index (χ2v) is 10.8. The normalized spacial score (nSPS) is 14.0. The average molecular weight is 596 g/mol. The summed E-state index contributed by atoms with van der Waals surface area (Å²) >= 11 is 3.44. The van der Waals surface area contributed by atoms with Gasteiger partial charge in [-0.1, -0.05) is 34.1 Å². The van der Waals surface area contributed by atoms with Crippen molar-refractivity contribution in [2.75, 3.05) is 32.2 Å². The molecule has 39 heavy (non-hydrogen) atoms. The van der Waals surface area contributed by atoms with Gasteiger partial charge in [0.2, 0.25) is 5.91 Å². The molecule has 1 unspecified atom stereocenters. The van der Waals surface area contributed by atoms with Gasteiger partial charge in [-0.05, 0) is 85.7 Å². The summed E-state index contributed by atoms with van der Waals surface area (Å²) < 4.78 is 11.3. The molecule has 1 aliphatic heterocycles. The maximum Gasteiger partial charge on any atom is 0.339 e. The highest BCUT2D eigenvalue weighted by atomic mass is 79.9. The van der Waals surface area contributed by atoms with Crippen LogP contribution in [0.1, 0.15) is 63.5 Å². The van der Waals surface area contributed by atoms with Gasteiger partial charge >= 0.3 is 5.97 Å². The van der Waals surface area contributed by atoms with Crippen LogP contribution in [0, 0.1) is 13.8 Å². The highest BCUT2D eigenvalue weighted by molar-refractivity contribution is 9.10. The van der Waals surface area contributed by atoms with E-state index >= 15 is 0 Å². The number of methoxy groups -OCH3 is 2. The number of carboxylic acids is 1. The summed E-state index contributed by atoms with van der Waals surface area (Å²) in [4.78, 5) is 27.6. The van der Waals surface area contributed by atoms with Crippen molar-refractivity contribution in [2.45, 2.75) is 45.6 Å². The number of piperidine rings is 1. The van der Waals surface area contributed by atoms with E-state index in [9.17, 15) is 14.7 Å². The van der Waals surface area contributed by atoms with E-state index in [-0.39, 0.29) is 29.7 Å². The first-order chi connectivity index (χ1) is 18.7. The van der Waals surface area contributed by atoms with Crippen LogP contribution in [0.3, 0.4) is 0 Å². The molecule has 8 heteroatoms. The number of benzene rings is 3. The lowest BCUT2D eigenvalue weighted by atomic mass is 9.91. The number of carbonyl (C=O) groups excluding carboxylic acids is 1. The lowest BCUT2D eigenvalue weighted by Crippen LogP contribution is -2.35. The fraction of sp³-hybridized carbons (Fsp3) is 0.355. The van der Waals surface area contributed by atoms with Crippen molar-refractivity contribution in [2.24, 2.45) is 0 Å².